The van der Waals surface area contributed by atoms with E-state index in [4.69, 9.17) is 142 Å². The quantitative estimate of drug-likeness (QED) is 0.135. The third-order valence-corrected chi connectivity index (χ3v) is 18.4. The van der Waals surface area contributed by atoms with E-state index in [9.17, 15) is 0 Å². The first kappa shape index (κ1) is 74.6. The van der Waals surface area contributed by atoms with Gasteiger partial charge in [0.1, 0.15) is 159 Å². The molecule has 12 bridgehead atoms. The fraction of sp³-hybridized carbons (Fsp3) is 0.841. The van der Waals surface area contributed by atoms with E-state index in [1.54, 1.807) is 0 Å². The van der Waals surface area contributed by atoms with Crippen LogP contribution in [0.1, 0.15) is 0 Å². The maximum atomic E-state index is 7.18. The van der Waals surface area contributed by atoms with Crippen LogP contribution in [0.5, 0.6) is 5.75 Å². The highest BCUT2D eigenvalue weighted by Crippen LogP contribution is 2.42. The van der Waals surface area contributed by atoms with E-state index in [2.05, 4.69) is 0 Å². The molecular weight excluding hydrogens is 1240 g/mol. The summed E-state index contributed by atoms with van der Waals surface area (Å²) in [6.45, 7) is -0.216. The Bertz CT molecular complexity index is 2460. The molecule has 22 fully saturated rings. The Morgan fingerprint density at radius 2 is 0.452 bits per heavy atom. The summed E-state index contributed by atoms with van der Waals surface area (Å²) in [6.07, 6.45) is -30.6. The lowest BCUT2D eigenvalue weighted by molar-refractivity contribution is -0.409. The summed E-state index contributed by atoms with van der Waals surface area (Å²) in [7, 11) is 25.9. The van der Waals surface area contributed by atoms with Crippen LogP contribution in [-0.4, -0.2) is 345 Å². The Hall–Kier alpha value is -2.66. The Balaban J connectivity index is 1.15. The summed E-state index contributed by atoms with van der Waals surface area (Å²) in [4.78, 5) is 0. The molecule has 532 valence electrons. The molecule has 22 saturated heterocycles. The first-order chi connectivity index (χ1) is 45.4. The molecule has 22 aliphatic heterocycles. The molecule has 0 aromatic heterocycles. The number of fused-ring (bicyclic) bond motifs is 1. The standard InChI is InChI=1S/C63H100O30/c1-64-25-34-40-46(69-6)52(75-12)58(82-34)89-41-35(26-65-2)84-60(54(77-14)47(41)70-7)91-43-37(28-67-4)86-62(56(79-16)49(43)72-9)93-45-39(30-81-33-23-22-31-20-18-19-21-32(31)24-33)87-63(57(80-17)51(45)74-11)92-44-38(29-68-5)85-61(55(78-15)50(44)73-10)90-42-36(27-66-3)83-59(88-40)53(76-13)48(42)71-8/h18-24,34-63H,25-30H2,1-17H3/t34-,35-,36-,37-,38-,39-,40-,41-,42-,43-,44-,45-,46+,47+,48+,49+,50+,51+,52-,53-,54-,55-,56-,57-,58-,59-,60-,61-,62-,63-/m1/s1. The lowest BCUT2D eigenvalue weighted by Gasteiger charge is -2.53. The van der Waals surface area contributed by atoms with E-state index >= 15 is 0 Å². The van der Waals surface area contributed by atoms with Gasteiger partial charge in [0.25, 0.3) is 0 Å². The van der Waals surface area contributed by atoms with Crippen molar-refractivity contribution in [2.75, 3.05) is 161 Å². The maximum Gasteiger partial charge on any atom is 0.187 e. The summed E-state index contributed by atoms with van der Waals surface area (Å²) in [5, 5.41) is 1.99. The fourth-order valence-electron chi connectivity index (χ4n) is 14.0. The highest BCUT2D eigenvalue weighted by molar-refractivity contribution is 5.83. The van der Waals surface area contributed by atoms with Crippen molar-refractivity contribution in [3.05, 3.63) is 42.5 Å². The van der Waals surface area contributed by atoms with Crippen molar-refractivity contribution in [2.24, 2.45) is 0 Å². The Morgan fingerprint density at radius 1 is 0.237 bits per heavy atom. The SMILES string of the molecule is COC[C@H]1O[C@@H]2O[C@H]3[C@H](OC)[C@@H](OC)[C@@H](O[C@H]4[C@H](OC)[C@@H](OC)[C@@H](O[C@H]5[C@H](OC)[C@@H](OC)[C@@H](O[C@H]6[C@H](OC)[C@@H](OC)[C@@H](O[C@H]7[C@H](OC)[C@@H](OC)[C@@H](O[C@H]1[C@H](OC)[C@H]2OC)O[C@@H]7COC)O[C@@H]6COC)O[C@@H]5COc1ccc2ccccc2c1)O[C@@H]4COC)O[C@@H]3COC. The molecular formula is C63H100O30. The van der Waals surface area contributed by atoms with Crippen LogP contribution in [0.4, 0.5) is 0 Å². The third-order valence-electron chi connectivity index (χ3n) is 18.4. The highest BCUT2D eigenvalue weighted by Gasteiger charge is 2.61. The maximum absolute atomic E-state index is 7.18. The van der Waals surface area contributed by atoms with Crippen LogP contribution in [0.25, 0.3) is 10.8 Å². The molecule has 93 heavy (non-hydrogen) atoms. The summed E-state index contributed by atoms with van der Waals surface area (Å²) in [5.74, 6) is 0.555. The molecule has 0 radical (unpaired) electrons. The van der Waals surface area contributed by atoms with Gasteiger partial charge < -0.3 is 142 Å². The minimum absolute atomic E-state index is 0.0145. The minimum Gasteiger partial charge on any atom is -0.491 e. The van der Waals surface area contributed by atoms with Crippen LogP contribution in [0.2, 0.25) is 0 Å². The van der Waals surface area contributed by atoms with E-state index in [1.807, 2.05) is 42.5 Å². The third kappa shape index (κ3) is 16.2. The van der Waals surface area contributed by atoms with Crippen molar-refractivity contribution < 1.29 is 142 Å². The first-order valence-corrected chi connectivity index (χ1v) is 31.1. The van der Waals surface area contributed by atoms with E-state index in [0.717, 1.165) is 10.8 Å². The van der Waals surface area contributed by atoms with E-state index < -0.39 is 184 Å². The molecule has 0 unspecified atom stereocenters. The van der Waals surface area contributed by atoms with Gasteiger partial charge in [-0.1, -0.05) is 30.3 Å². The number of rotatable bonds is 25. The van der Waals surface area contributed by atoms with Gasteiger partial charge >= 0.3 is 0 Å². The summed E-state index contributed by atoms with van der Waals surface area (Å²) < 4.78 is 196. The second-order valence-electron chi connectivity index (χ2n) is 23.4. The molecule has 30 heteroatoms. The lowest BCUT2D eigenvalue weighted by atomic mass is 9.94. The van der Waals surface area contributed by atoms with Crippen LogP contribution in [0, 0.1) is 0 Å². The zero-order valence-corrected chi connectivity index (χ0v) is 56.4. The second kappa shape index (κ2) is 35.9. The molecule has 0 saturated carbocycles. The molecule has 2 aromatic carbocycles. The highest BCUT2D eigenvalue weighted by atomic mass is 16.8. The van der Waals surface area contributed by atoms with Gasteiger partial charge in [0.05, 0.1) is 33.0 Å². The molecule has 0 spiro atoms. The molecule has 0 amide bonds. The molecule has 30 atom stereocenters. The number of methoxy groups -OCH3 is 17. The van der Waals surface area contributed by atoms with Gasteiger partial charge in [-0.25, -0.2) is 0 Å². The van der Waals surface area contributed by atoms with E-state index in [-0.39, 0.29) is 39.6 Å². The first-order valence-electron chi connectivity index (χ1n) is 31.1. The Labute approximate surface area is 544 Å². The molecule has 22 aliphatic rings. The summed E-state index contributed by atoms with van der Waals surface area (Å²) >= 11 is 0. The van der Waals surface area contributed by atoms with Crippen molar-refractivity contribution in [3.63, 3.8) is 0 Å². The average molecular weight is 1340 g/mol. The lowest BCUT2D eigenvalue weighted by Crippen LogP contribution is -2.70. The zero-order valence-electron chi connectivity index (χ0n) is 56.4. The van der Waals surface area contributed by atoms with Crippen LogP contribution < -0.4 is 4.74 Å². The van der Waals surface area contributed by atoms with Gasteiger partial charge in [-0.05, 0) is 22.9 Å². The number of ether oxygens (including phenoxy) is 30. The monoisotopic (exact) mass is 1340 g/mol. The predicted molar refractivity (Wildman–Crippen MR) is 320 cm³/mol. The smallest absolute Gasteiger partial charge is 0.187 e. The molecule has 0 aliphatic carbocycles. The molecule has 2 aromatic rings. The van der Waals surface area contributed by atoms with Crippen LogP contribution in [-0.2, 0) is 137 Å². The second-order valence-corrected chi connectivity index (χ2v) is 23.4. The molecule has 0 N–H and O–H groups in total. The molecule has 30 nitrogen and oxygen atoms in total. The normalized spacial score (nSPS) is 42.7. The molecule has 22 heterocycles. The summed E-state index contributed by atoms with van der Waals surface area (Å²) in [5.41, 5.74) is 0. The van der Waals surface area contributed by atoms with Crippen LogP contribution in [0.15, 0.2) is 42.5 Å². The van der Waals surface area contributed by atoms with Gasteiger partial charge in [0, 0.05) is 121 Å². The minimum atomic E-state index is -1.25. The Morgan fingerprint density at radius 3 is 0.667 bits per heavy atom. The van der Waals surface area contributed by atoms with Gasteiger partial charge in [-0.15, -0.1) is 0 Å². The van der Waals surface area contributed by atoms with Gasteiger partial charge in [-0.2, -0.15) is 0 Å². The van der Waals surface area contributed by atoms with Crippen molar-refractivity contribution in [1.29, 1.82) is 0 Å². The van der Waals surface area contributed by atoms with Crippen LogP contribution in [0.3, 0.4) is 0 Å². The zero-order chi connectivity index (χ0) is 66.5. The van der Waals surface area contributed by atoms with Crippen molar-refractivity contribution in [3.8, 4) is 5.75 Å². The van der Waals surface area contributed by atoms with Gasteiger partial charge in [-0.3, -0.25) is 0 Å². The number of hydrogen-bond donors (Lipinski definition) is 0. The van der Waals surface area contributed by atoms with E-state index in [0.29, 0.717) is 5.75 Å². The van der Waals surface area contributed by atoms with Crippen molar-refractivity contribution in [2.45, 2.75) is 184 Å². The average Bonchev–Trinajstić information content (AvgIpc) is 0.778. The largest absolute Gasteiger partial charge is 0.491 e. The number of benzene rings is 2. The topological polar surface area (TPSA) is 277 Å². The van der Waals surface area contributed by atoms with Gasteiger partial charge in [0.15, 0.2) is 37.7 Å². The number of hydrogen-bond acceptors (Lipinski definition) is 30. The van der Waals surface area contributed by atoms with E-state index in [1.165, 1.54) is 121 Å². The van der Waals surface area contributed by atoms with Crippen molar-refractivity contribution >= 4 is 10.8 Å². The predicted octanol–water partition coefficient (Wildman–Crippen LogP) is 1.30. The fourth-order valence-corrected chi connectivity index (χ4v) is 14.0. The Kier molecular flexibility index (Phi) is 28.8. The van der Waals surface area contributed by atoms with Gasteiger partial charge in [0.2, 0.25) is 0 Å². The molecule has 24 rings (SSSR count). The van der Waals surface area contributed by atoms with Crippen molar-refractivity contribution in [1.82, 2.24) is 0 Å². The summed E-state index contributed by atoms with van der Waals surface area (Å²) in [6, 6.07) is 13.8. The van der Waals surface area contributed by atoms with Crippen LogP contribution >= 0.6 is 0 Å².